The van der Waals surface area contributed by atoms with E-state index >= 15 is 0 Å². The maximum absolute atomic E-state index is 12.3. The van der Waals surface area contributed by atoms with Gasteiger partial charge in [-0.15, -0.1) is 12.4 Å². The minimum absolute atomic E-state index is 0. The first-order chi connectivity index (χ1) is 10.8. The van der Waals surface area contributed by atoms with Crippen molar-refractivity contribution in [2.75, 3.05) is 31.7 Å². The van der Waals surface area contributed by atoms with Gasteiger partial charge in [-0.2, -0.15) is 13.2 Å². The topological polar surface area (TPSA) is 59.6 Å². The van der Waals surface area contributed by atoms with Crippen LogP contribution in [0.2, 0.25) is 0 Å². The van der Waals surface area contributed by atoms with Crippen LogP contribution < -0.4 is 15.4 Å². The average Bonchev–Trinajstić information content (AvgIpc) is 2.47. The van der Waals surface area contributed by atoms with Crippen LogP contribution in [0.25, 0.3) is 0 Å². The number of morpholine rings is 1. The highest BCUT2D eigenvalue weighted by Crippen LogP contribution is 2.28. The molecule has 0 bridgehead atoms. The monoisotopic (exact) mass is 368 g/mol. The molecule has 1 aromatic carbocycles. The number of aryl methyl sites for hydroxylation is 1. The number of carbonyl (C=O) groups is 1. The first-order valence-corrected chi connectivity index (χ1v) is 7.25. The van der Waals surface area contributed by atoms with E-state index in [1.807, 2.05) is 0 Å². The molecule has 1 aliphatic heterocycles. The fourth-order valence-electron chi connectivity index (χ4n) is 2.19. The van der Waals surface area contributed by atoms with Crippen molar-refractivity contribution in [2.24, 2.45) is 0 Å². The molecule has 1 fully saturated rings. The summed E-state index contributed by atoms with van der Waals surface area (Å²) >= 11 is 0. The summed E-state index contributed by atoms with van der Waals surface area (Å²) in [7, 11) is 0. The van der Waals surface area contributed by atoms with Crippen LogP contribution in [-0.4, -0.2) is 44.5 Å². The van der Waals surface area contributed by atoms with E-state index in [1.165, 1.54) is 12.1 Å². The zero-order valence-corrected chi connectivity index (χ0v) is 13.9. The molecule has 1 amide bonds. The molecule has 1 aliphatic rings. The summed E-state index contributed by atoms with van der Waals surface area (Å²) in [6.07, 6.45) is -4.26. The number of benzene rings is 1. The van der Waals surface area contributed by atoms with Gasteiger partial charge in [-0.3, -0.25) is 4.79 Å². The summed E-state index contributed by atoms with van der Waals surface area (Å²) in [6, 6.07) is 4.58. The third-order valence-corrected chi connectivity index (χ3v) is 3.23. The highest BCUT2D eigenvalue weighted by molar-refractivity contribution is 5.92. The van der Waals surface area contributed by atoms with Crippen molar-refractivity contribution >= 4 is 24.0 Å². The lowest BCUT2D eigenvalue weighted by atomic mass is 10.1. The second kappa shape index (κ2) is 9.10. The van der Waals surface area contributed by atoms with Crippen molar-refractivity contribution < 1.29 is 27.4 Å². The molecule has 136 valence electrons. The minimum Gasteiger partial charge on any atom is -0.482 e. The summed E-state index contributed by atoms with van der Waals surface area (Å²) in [6.45, 7) is 2.03. The Kier molecular flexibility index (Phi) is 7.78. The Morgan fingerprint density at radius 1 is 1.46 bits per heavy atom. The summed E-state index contributed by atoms with van der Waals surface area (Å²) in [5.74, 6) is -0.308. The maximum atomic E-state index is 12.3. The van der Waals surface area contributed by atoms with Crippen LogP contribution >= 0.6 is 12.4 Å². The fraction of sp³-hybridized carbons (Fsp3) is 0.533. The molecule has 1 saturated heterocycles. The van der Waals surface area contributed by atoms with Gasteiger partial charge in [0, 0.05) is 19.0 Å². The van der Waals surface area contributed by atoms with Gasteiger partial charge in [0.05, 0.1) is 18.9 Å². The SMILES string of the molecule is Cc1ccc(NC(=O)CC2COCCN2)c(OCC(F)(F)F)c1.Cl. The van der Waals surface area contributed by atoms with Crippen LogP contribution in [0.15, 0.2) is 18.2 Å². The Labute approximate surface area is 144 Å². The molecule has 2 rings (SSSR count). The number of hydrogen-bond acceptors (Lipinski definition) is 4. The number of alkyl halides is 3. The van der Waals surface area contributed by atoms with E-state index < -0.39 is 12.8 Å². The predicted molar refractivity (Wildman–Crippen MR) is 85.8 cm³/mol. The number of amides is 1. The number of anilines is 1. The second-order valence-electron chi connectivity index (χ2n) is 5.38. The molecule has 0 aromatic heterocycles. The summed E-state index contributed by atoms with van der Waals surface area (Å²) in [4.78, 5) is 12.0. The number of carbonyl (C=O) groups excluding carboxylic acids is 1. The molecule has 0 spiro atoms. The van der Waals surface area contributed by atoms with E-state index in [9.17, 15) is 18.0 Å². The molecule has 5 nitrogen and oxygen atoms in total. The van der Waals surface area contributed by atoms with E-state index in [1.54, 1.807) is 13.0 Å². The predicted octanol–water partition coefficient (Wildman–Crippen LogP) is 2.67. The van der Waals surface area contributed by atoms with E-state index in [2.05, 4.69) is 10.6 Å². The van der Waals surface area contributed by atoms with Gasteiger partial charge in [0.25, 0.3) is 0 Å². The van der Waals surface area contributed by atoms with Crippen molar-refractivity contribution in [3.8, 4) is 5.75 Å². The molecule has 1 aromatic rings. The third kappa shape index (κ3) is 6.94. The van der Waals surface area contributed by atoms with Gasteiger partial charge in [0.15, 0.2) is 6.61 Å². The van der Waals surface area contributed by atoms with Gasteiger partial charge < -0.3 is 20.1 Å². The smallest absolute Gasteiger partial charge is 0.422 e. The number of rotatable bonds is 5. The molecule has 1 atom stereocenters. The second-order valence-corrected chi connectivity index (χ2v) is 5.38. The van der Waals surface area contributed by atoms with Crippen molar-refractivity contribution in [2.45, 2.75) is 25.6 Å². The Morgan fingerprint density at radius 2 is 2.21 bits per heavy atom. The van der Waals surface area contributed by atoms with Gasteiger partial charge >= 0.3 is 6.18 Å². The lowest BCUT2D eigenvalue weighted by Gasteiger charge is -2.23. The largest absolute Gasteiger partial charge is 0.482 e. The molecule has 1 heterocycles. The van der Waals surface area contributed by atoms with Crippen molar-refractivity contribution in [1.82, 2.24) is 5.32 Å². The van der Waals surface area contributed by atoms with E-state index in [4.69, 9.17) is 9.47 Å². The Balaban J connectivity index is 0.00000288. The molecule has 0 aliphatic carbocycles. The van der Waals surface area contributed by atoms with Crippen molar-refractivity contribution in [3.05, 3.63) is 23.8 Å². The normalized spacial score (nSPS) is 17.8. The van der Waals surface area contributed by atoms with E-state index in [0.717, 1.165) is 5.56 Å². The molecule has 0 saturated carbocycles. The van der Waals surface area contributed by atoms with Gasteiger partial charge in [0.2, 0.25) is 5.91 Å². The van der Waals surface area contributed by atoms with E-state index in [0.29, 0.717) is 19.8 Å². The van der Waals surface area contributed by atoms with Crippen LogP contribution in [-0.2, 0) is 9.53 Å². The fourth-order valence-corrected chi connectivity index (χ4v) is 2.19. The summed E-state index contributed by atoms with van der Waals surface area (Å²) < 4.78 is 47.0. The Morgan fingerprint density at radius 3 is 2.83 bits per heavy atom. The van der Waals surface area contributed by atoms with Gasteiger partial charge in [-0.1, -0.05) is 6.07 Å². The molecule has 9 heteroatoms. The summed E-state index contributed by atoms with van der Waals surface area (Å²) in [5, 5.41) is 5.73. The van der Waals surface area contributed by atoms with Gasteiger partial charge in [-0.05, 0) is 24.6 Å². The molecule has 1 unspecified atom stereocenters. The van der Waals surface area contributed by atoms with Crippen LogP contribution in [0, 0.1) is 6.92 Å². The Bertz CT molecular complexity index is 549. The third-order valence-electron chi connectivity index (χ3n) is 3.23. The first-order valence-electron chi connectivity index (χ1n) is 7.25. The van der Waals surface area contributed by atoms with Crippen LogP contribution in [0.1, 0.15) is 12.0 Å². The van der Waals surface area contributed by atoms with Crippen molar-refractivity contribution in [1.29, 1.82) is 0 Å². The zero-order chi connectivity index (χ0) is 16.9. The standard InChI is InChI=1S/C15H19F3N2O3.ClH/c1-10-2-3-12(13(6-10)23-9-15(16,17)18)20-14(21)7-11-8-22-5-4-19-11;/h2-3,6,11,19H,4-5,7-9H2,1H3,(H,20,21);1H. The lowest BCUT2D eigenvalue weighted by molar-refractivity contribution is -0.153. The van der Waals surface area contributed by atoms with Gasteiger partial charge in [0.1, 0.15) is 5.75 Å². The minimum atomic E-state index is -4.44. The Hall–Kier alpha value is -1.51. The van der Waals surface area contributed by atoms with Gasteiger partial charge in [-0.25, -0.2) is 0 Å². The molecule has 0 radical (unpaired) electrons. The zero-order valence-electron chi connectivity index (χ0n) is 13.1. The maximum Gasteiger partial charge on any atom is 0.422 e. The van der Waals surface area contributed by atoms with E-state index in [-0.39, 0.29) is 42.2 Å². The highest BCUT2D eigenvalue weighted by atomic mass is 35.5. The molecular weight excluding hydrogens is 349 g/mol. The number of halogens is 4. The number of ether oxygens (including phenoxy) is 2. The van der Waals surface area contributed by atoms with Crippen LogP contribution in [0.3, 0.4) is 0 Å². The molecular formula is C15H20ClF3N2O3. The van der Waals surface area contributed by atoms with Crippen LogP contribution in [0.4, 0.5) is 18.9 Å². The number of hydrogen-bond donors (Lipinski definition) is 2. The number of nitrogens with one attached hydrogen (secondary N) is 2. The average molecular weight is 369 g/mol. The quantitative estimate of drug-likeness (QED) is 0.839. The molecule has 24 heavy (non-hydrogen) atoms. The highest BCUT2D eigenvalue weighted by Gasteiger charge is 2.29. The first kappa shape index (κ1) is 20.5. The lowest BCUT2D eigenvalue weighted by Crippen LogP contribution is -2.43. The van der Waals surface area contributed by atoms with Crippen LogP contribution in [0.5, 0.6) is 5.75 Å². The molecule has 2 N–H and O–H groups in total. The summed E-state index contributed by atoms with van der Waals surface area (Å²) in [5.41, 5.74) is 0.962. The van der Waals surface area contributed by atoms with Crippen molar-refractivity contribution in [3.63, 3.8) is 0 Å².